The Kier molecular flexibility index (Phi) is 4.32. The Balaban J connectivity index is 1.72. The zero-order valence-corrected chi connectivity index (χ0v) is 14.3. The van der Waals surface area contributed by atoms with Gasteiger partial charge in [0.1, 0.15) is 0 Å². The molecule has 4 nitrogen and oxygen atoms in total. The summed E-state index contributed by atoms with van der Waals surface area (Å²) in [5.41, 5.74) is 2.41. The van der Waals surface area contributed by atoms with E-state index in [2.05, 4.69) is 31.7 Å². The van der Waals surface area contributed by atoms with E-state index in [9.17, 15) is 13.2 Å². The number of benzene rings is 1. The lowest BCUT2D eigenvalue weighted by Gasteiger charge is -2.27. The molecule has 1 aliphatic heterocycles. The lowest BCUT2D eigenvalue weighted by atomic mass is 10.1. The zero-order valence-electron chi connectivity index (χ0n) is 13.4. The molecule has 1 saturated heterocycles. The highest BCUT2D eigenvalue weighted by molar-refractivity contribution is 7.91. The van der Waals surface area contributed by atoms with Crippen LogP contribution in [-0.2, 0) is 14.6 Å². The number of hydrogen-bond donors (Lipinski definition) is 0. The molecule has 3 unspecified atom stereocenters. The van der Waals surface area contributed by atoms with Crippen molar-refractivity contribution in [2.75, 3.05) is 18.1 Å². The van der Waals surface area contributed by atoms with Crippen LogP contribution in [0.25, 0.3) is 0 Å². The molecule has 3 rings (SSSR count). The molecule has 1 amide bonds. The van der Waals surface area contributed by atoms with Crippen molar-refractivity contribution in [3.05, 3.63) is 48.0 Å². The van der Waals surface area contributed by atoms with Gasteiger partial charge in [0.15, 0.2) is 9.84 Å². The van der Waals surface area contributed by atoms with Crippen LogP contribution in [0.2, 0.25) is 0 Å². The van der Waals surface area contributed by atoms with E-state index in [-0.39, 0.29) is 35.3 Å². The minimum atomic E-state index is -3.00. The number of hydrogen-bond acceptors (Lipinski definition) is 3. The molecule has 1 saturated carbocycles. The van der Waals surface area contributed by atoms with Crippen LogP contribution >= 0.6 is 0 Å². The third-order valence-corrected chi connectivity index (χ3v) is 6.59. The molecule has 23 heavy (non-hydrogen) atoms. The molecule has 1 aromatic rings. The van der Waals surface area contributed by atoms with Crippen LogP contribution in [0, 0.1) is 12.8 Å². The Morgan fingerprint density at radius 2 is 2.22 bits per heavy atom. The Bertz CT molecular complexity index is 726. The lowest BCUT2D eigenvalue weighted by molar-refractivity contribution is -0.133. The van der Waals surface area contributed by atoms with E-state index in [1.165, 1.54) is 11.1 Å². The molecule has 1 aliphatic carbocycles. The van der Waals surface area contributed by atoms with Gasteiger partial charge in [0, 0.05) is 18.5 Å². The van der Waals surface area contributed by atoms with Gasteiger partial charge in [-0.15, -0.1) is 6.58 Å². The van der Waals surface area contributed by atoms with Crippen LogP contribution in [0.1, 0.15) is 29.9 Å². The molecular formula is C18H23NO3S. The van der Waals surface area contributed by atoms with Crippen LogP contribution in [-0.4, -0.2) is 43.3 Å². The summed E-state index contributed by atoms with van der Waals surface area (Å²) in [4.78, 5) is 14.6. The Morgan fingerprint density at radius 1 is 1.43 bits per heavy atom. The highest BCUT2D eigenvalue weighted by Crippen LogP contribution is 2.49. The van der Waals surface area contributed by atoms with Crippen LogP contribution in [0.3, 0.4) is 0 Å². The van der Waals surface area contributed by atoms with Crippen molar-refractivity contribution in [1.29, 1.82) is 0 Å². The van der Waals surface area contributed by atoms with E-state index in [1.54, 1.807) is 11.0 Å². The van der Waals surface area contributed by atoms with Crippen molar-refractivity contribution in [3.8, 4) is 0 Å². The maximum atomic E-state index is 12.8. The average Bonchev–Trinajstić information content (AvgIpc) is 3.22. The van der Waals surface area contributed by atoms with Crippen molar-refractivity contribution in [2.45, 2.75) is 31.7 Å². The smallest absolute Gasteiger partial charge is 0.226 e. The first-order chi connectivity index (χ1) is 10.9. The summed E-state index contributed by atoms with van der Waals surface area (Å²) in [6, 6.07) is 8.09. The average molecular weight is 333 g/mol. The van der Waals surface area contributed by atoms with E-state index in [4.69, 9.17) is 0 Å². The van der Waals surface area contributed by atoms with Crippen molar-refractivity contribution >= 4 is 15.7 Å². The van der Waals surface area contributed by atoms with Crippen LogP contribution in [0.15, 0.2) is 36.9 Å². The first-order valence-electron chi connectivity index (χ1n) is 8.09. The molecule has 0 spiro atoms. The largest absolute Gasteiger partial charge is 0.335 e. The molecule has 124 valence electrons. The predicted octanol–water partition coefficient (Wildman–Crippen LogP) is 2.30. The number of sulfone groups is 1. The maximum Gasteiger partial charge on any atom is 0.226 e. The van der Waals surface area contributed by atoms with Gasteiger partial charge in [0.2, 0.25) is 5.91 Å². The molecule has 1 aromatic carbocycles. The van der Waals surface area contributed by atoms with E-state index >= 15 is 0 Å². The second kappa shape index (κ2) is 6.11. The highest BCUT2D eigenvalue weighted by atomic mass is 32.2. The monoisotopic (exact) mass is 333 g/mol. The Hall–Kier alpha value is -1.62. The fourth-order valence-electron chi connectivity index (χ4n) is 3.53. The van der Waals surface area contributed by atoms with Gasteiger partial charge >= 0.3 is 0 Å². The lowest BCUT2D eigenvalue weighted by Crippen LogP contribution is -2.42. The molecule has 2 aliphatic rings. The van der Waals surface area contributed by atoms with E-state index < -0.39 is 9.84 Å². The van der Waals surface area contributed by atoms with E-state index in [0.717, 1.165) is 6.42 Å². The second-order valence-corrected chi connectivity index (χ2v) is 8.93. The number of amides is 1. The molecule has 0 radical (unpaired) electrons. The second-order valence-electron chi connectivity index (χ2n) is 6.70. The third kappa shape index (κ3) is 3.50. The number of aryl methyl sites for hydroxylation is 1. The number of nitrogens with zero attached hydrogens (tertiary/aromatic N) is 1. The molecule has 0 N–H and O–H groups in total. The summed E-state index contributed by atoms with van der Waals surface area (Å²) in [6.45, 7) is 6.19. The van der Waals surface area contributed by atoms with E-state index in [1.807, 2.05) is 6.07 Å². The summed E-state index contributed by atoms with van der Waals surface area (Å²) in [7, 11) is -3.00. The van der Waals surface area contributed by atoms with Crippen LogP contribution < -0.4 is 0 Å². The zero-order chi connectivity index (χ0) is 16.6. The first-order valence-corrected chi connectivity index (χ1v) is 9.92. The van der Waals surface area contributed by atoms with Gasteiger partial charge in [-0.05, 0) is 31.2 Å². The molecule has 0 bridgehead atoms. The van der Waals surface area contributed by atoms with Gasteiger partial charge in [-0.25, -0.2) is 8.42 Å². The number of carbonyl (C=O) groups excluding carboxylic acids is 1. The molecular weight excluding hydrogens is 310 g/mol. The van der Waals surface area contributed by atoms with Gasteiger partial charge in [0.25, 0.3) is 0 Å². The highest BCUT2D eigenvalue weighted by Gasteiger charge is 2.47. The van der Waals surface area contributed by atoms with Crippen molar-refractivity contribution in [3.63, 3.8) is 0 Å². The Morgan fingerprint density at radius 3 is 2.83 bits per heavy atom. The maximum absolute atomic E-state index is 12.8. The van der Waals surface area contributed by atoms with Gasteiger partial charge in [-0.1, -0.05) is 35.9 Å². The summed E-state index contributed by atoms with van der Waals surface area (Å²) >= 11 is 0. The summed E-state index contributed by atoms with van der Waals surface area (Å²) in [6.07, 6.45) is 3.09. The van der Waals surface area contributed by atoms with Crippen molar-refractivity contribution in [2.24, 2.45) is 5.92 Å². The molecule has 3 atom stereocenters. The van der Waals surface area contributed by atoms with Gasteiger partial charge in [-0.3, -0.25) is 4.79 Å². The molecule has 5 heteroatoms. The number of rotatable bonds is 5. The topological polar surface area (TPSA) is 54.5 Å². The summed E-state index contributed by atoms with van der Waals surface area (Å²) in [5.74, 6) is 0.616. The normalized spacial score (nSPS) is 28.3. The minimum Gasteiger partial charge on any atom is -0.335 e. The van der Waals surface area contributed by atoms with Crippen molar-refractivity contribution in [1.82, 2.24) is 4.90 Å². The first kappa shape index (κ1) is 16.2. The summed E-state index contributed by atoms with van der Waals surface area (Å²) < 4.78 is 23.4. The van der Waals surface area contributed by atoms with Gasteiger partial charge in [0.05, 0.1) is 11.5 Å². The number of carbonyl (C=O) groups is 1. The summed E-state index contributed by atoms with van der Waals surface area (Å²) in [5, 5.41) is 0. The third-order valence-electron chi connectivity index (χ3n) is 4.84. The molecule has 0 aromatic heterocycles. The van der Waals surface area contributed by atoms with Gasteiger partial charge in [-0.2, -0.15) is 0 Å². The molecule has 1 heterocycles. The quantitative estimate of drug-likeness (QED) is 0.777. The fourth-order valence-corrected chi connectivity index (χ4v) is 5.26. The van der Waals surface area contributed by atoms with E-state index in [0.29, 0.717) is 13.0 Å². The molecule has 2 fully saturated rings. The van der Waals surface area contributed by atoms with Crippen LogP contribution in [0.5, 0.6) is 0 Å². The van der Waals surface area contributed by atoms with Gasteiger partial charge < -0.3 is 4.90 Å². The predicted molar refractivity (Wildman–Crippen MR) is 91.0 cm³/mol. The fraction of sp³-hybridized carbons (Fsp3) is 0.500. The minimum absolute atomic E-state index is 0.0138. The Labute approximate surface area is 138 Å². The SMILES string of the molecule is C=CCN(C(=O)C1CC1c1cccc(C)c1)C1CCS(=O)(=O)C1. The van der Waals surface area contributed by atoms with Crippen molar-refractivity contribution < 1.29 is 13.2 Å². The van der Waals surface area contributed by atoms with Crippen LogP contribution in [0.4, 0.5) is 0 Å². The standard InChI is InChI=1S/C18H23NO3S/c1-3-8-19(15-7-9-23(21,22)12-15)18(20)17-11-16(17)14-6-4-5-13(2)10-14/h3-6,10,15-17H,1,7-9,11-12H2,2H3.